The first-order valence-corrected chi connectivity index (χ1v) is 5.32. The maximum Gasteiger partial charge on any atom is 0.124 e. The second-order valence-electron chi connectivity index (χ2n) is 3.61. The zero-order chi connectivity index (χ0) is 11.3. The summed E-state index contributed by atoms with van der Waals surface area (Å²) in [6.07, 6.45) is 2.69. The molecule has 0 aliphatic heterocycles. The lowest BCUT2D eigenvalue weighted by molar-refractivity contribution is 0.266. The van der Waals surface area contributed by atoms with Gasteiger partial charge in [-0.25, -0.2) is 0 Å². The standard InChI is InChI=1S/C13H19NO/c1-4-10(3)15-13-9-7-6-8-11(13)12(14)5-2/h4,6-10,12H,1,5,14H2,2-3H3/t10?,12-/m1/s1. The fourth-order valence-corrected chi connectivity index (χ4v) is 1.36. The van der Waals surface area contributed by atoms with Crippen molar-refractivity contribution in [2.45, 2.75) is 32.4 Å². The fourth-order valence-electron chi connectivity index (χ4n) is 1.36. The van der Waals surface area contributed by atoms with Crippen molar-refractivity contribution in [2.75, 3.05) is 0 Å². The molecule has 0 aromatic heterocycles. The highest BCUT2D eigenvalue weighted by molar-refractivity contribution is 5.36. The Balaban J connectivity index is 2.90. The molecule has 0 radical (unpaired) electrons. The second-order valence-corrected chi connectivity index (χ2v) is 3.61. The average molecular weight is 205 g/mol. The predicted octanol–water partition coefficient (Wildman–Crippen LogP) is 3.05. The molecule has 2 heteroatoms. The molecule has 82 valence electrons. The molecule has 0 fully saturated rings. The van der Waals surface area contributed by atoms with E-state index < -0.39 is 0 Å². The lowest BCUT2D eigenvalue weighted by atomic mass is 10.0. The van der Waals surface area contributed by atoms with Crippen molar-refractivity contribution < 1.29 is 4.74 Å². The summed E-state index contributed by atoms with van der Waals surface area (Å²) in [6, 6.07) is 7.94. The average Bonchev–Trinajstić information content (AvgIpc) is 2.28. The van der Waals surface area contributed by atoms with Gasteiger partial charge in [-0.15, -0.1) is 0 Å². The van der Waals surface area contributed by atoms with Gasteiger partial charge in [-0.1, -0.05) is 37.8 Å². The minimum absolute atomic E-state index is 0.00945. The molecule has 0 saturated heterocycles. The van der Waals surface area contributed by atoms with E-state index in [1.807, 2.05) is 31.2 Å². The van der Waals surface area contributed by atoms with Gasteiger partial charge in [0.15, 0.2) is 0 Å². The number of benzene rings is 1. The molecule has 0 aliphatic carbocycles. The van der Waals surface area contributed by atoms with Crippen LogP contribution in [0.5, 0.6) is 5.75 Å². The first kappa shape index (κ1) is 11.8. The lowest BCUT2D eigenvalue weighted by Gasteiger charge is -2.17. The molecule has 1 unspecified atom stereocenters. The van der Waals surface area contributed by atoms with Crippen molar-refractivity contribution in [2.24, 2.45) is 5.73 Å². The third-order valence-corrected chi connectivity index (χ3v) is 2.40. The van der Waals surface area contributed by atoms with Gasteiger partial charge in [-0.2, -0.15) is 0 Å². The van der Waals surface area contributed by atoms with Crippen molar-refractivity contribution >= 4 is 0 Å². The minimum atomic E-state index is 0.00945. The molecule has 0 spiro atoms. The van der Waals surface area contributed by atoms with Crippen molar-refractivity contribution in [3.05, 3.63) is 42.5 Å². The van der Waals surface area contributed by atoms with Gasteiger partial charge in [0.1, 0.15) is 11.9 Å². The van der Waals surface area contributed by atoms with E-state index in [0.29, 0.717) is 0 Å². The van der Waals surface area contributed by atoms with Crippen molar-refractivity contribution in [3.63, 3.8) is 0 Å². The number of ether oxygens (including phenoxy) is 1. The Morgan fingerprint density at radius 2 is 2.13 bits per heavy atom. The number of nitrogens with two attached hydrogens (primary N) is 1. The van der Waals surface area contributed by atoms with Crippen LogP contribution in [0.1, 0.15) is 31.9 Å². The number of rotatable bonds is 5. The minimum Gasteiger partial charge on any atom is -0.486 e. The Bertz CT molecular complexity index is 322. The van der Waals surface area contributed by atoms with Gasteiger partial charge in [-0.05, 0) is 19.4 Å². The number of hydrogen-bond acceptors (Lipinski definition) is 2. The van der Waals surface area contributed by atoms with Crippen LogP contribution < -0.4 is 10.5 Å². The highest BCUT2D eigenvalue weighted by atomic mass is 16.5. The maximum absolute atomic E-state index is 6.01. The smallest absolute Gasteiger partial charge is 0.124 e. The fraction of sp³-hybridized carbons (Fsp3) is 0.385. The summed E-state index contributed by atoms with van der Waals surface area (Å²) in [5.41, 5.74) is 7.07. The third kappa shape index (κ3) is 3.10. The topological polar surface area (TPSA) is 35.2 Å². The Hall–Kier alpha value is -1.28. The van der Waals surface area contributed by atoms with E-state index in [9.17, 15) is 0 Å². The zero-order valence-electron chi connectivity index (χ0n) is 9.44. The highest BCUT2D eigenvalue weighted by Gasteiger charge is 2.10. The van der Waals surface area contributed by atoms with E-state index in [1.54, 1.807) is 6.08 Å². The SMILES string of the molecule is C=CC(C)Oc1ccccc1[C@H](N)CC. The molecule has 0 saturated carbocycles. The molecular weight excluding hydrogens is 186 g/mol. The Morgan fingerprint density at radius 3 is 2.73 bits per heavy atom. The first-order valence-electron chi connectivity index (χ1n) is 5.32. The van der Waals surface area contributed by atoms with Crippen molar-refractivity contribution in [1.82, 2.24) is 0 Å². The van der Waals surface area contributed by atoms with Gasteiger partial charge in [-0.3, -0.25) is 0 Å². The largest absolute Gasteiger partial charge is 0.486 e. The highest BCUT2D eigenvalue weighted by Crippen LogP contribution is 2.26. The summed E-state index contributed by atoms with van der Waals surface area (Å²) in [4.78, 5) is 0. The molecule has 15 heavy (non-hydrogen) atoms. The molecule has 0 amide bonds. The van der Waals surface area contributed by atoms with Crippen LogP contribution in [0, 0.1) is 0 Å². The summed E-state index contributed by atoms with van der Waals surface area (Å²) in [6.45, 7) is 7.72. The van der Waals surface area contributed by atoms with Gasteiger partial charge >= 0.3 is 0 Å². The normalized spacial score (nSPS) is 14.3. The van der Waals surface area contributed by atoms with E-state index in [-0.39, 0.29) is 12.1 Å². The number of para-hydroxylation sites is 1. The van der Waals surface area contributed by atoms with E-state index in [0.717, 1.165) is 17.7 Å². The van der Waals surface area contributed by atoms with Crippen LogP contribution in [0.4, 0.5) is 0 Å². The summed E-state index contributed by atoms with van der Waals surface area (Å²) >= 11 is 0. The van der Waals surface area contributed by atoms with Gasteiger partial charge in [0.05, 0.1) is 0 Å². The quantitative estimate of drug-likeness (QED) is 0.750. The van der Waals surface area contributed by atoms with Crippen LogP contribution in [-0.2, 0) is 0 Å². The molecule has 2 N–H and O–H groups in total. The predicted molar refractivity (Wildman–Crippen MR) is 63.9 cm³/mol. The van der Waals surface area contributed by atoms with Crippen LogP contribution in [-0.4, -0.2) is 6.10 Å². The molecule has 0 aliphatic rings. The van der Waals surface area contributed by atoms with Gasteiger partial charge in [0, 0.05) is 11.6 Å². The van der Waals surface area contributed by atoms with Crippen molar-refractivity contribution in [1.29, 1.82) is 0 Å². The lowest BCUT2D eigenvalue weighted by Crippen LogP contribution is -2.14. The zero-order valence-corrected chi connectivity index (χ0v) is 9.44. The summed E-state index contributed by atoms with van der Waals surface area (Å²) in [7, 11) is 0. The Kier molecular flexibility index (Phi) is 4.37. The maximum atomic E-state index is 6.01. The molecule has 2 nitrogen and oxygen atoms in total. The van der Waals surface area contributed by atoms with E-state index in [4.69, 9.17) is 10.5 Å². The van der Waals surface area contributed by atoms with Gasteiger partial charge in [0.2, 0.25) is 0 Å². The van der Waals surface area contributed by atoms with E-state index >= 15 is 0 Å². The van der Waals surface area contributed by atoms with Crippen molar-refractivity contribution in [3.8, 4) is 5.75 Å². The Morgan fingerprint density at radius 1 is 1.47 bits per heavy atom. The van der Waals surface area contributed by atoms with E-state index in [1.165, 1.54) is 0 Å². The molecule has 1 aromatic carbocycles. The first-order chi connectivity index (χ1) is 7.19. The summed E-state index contributed by atoms with van der Waals surface area (Å²) in [5, 5.41) is 0. The molecule has 0 bridgehead atoms. The summed E-state index contributed by atoms with van der Waals surface area (Å²) in [5.74, 6) is 0.860. The van der Waals surface area contributed by atoms with Gasteiger partial charge in [0.25, 0.3) is 0 Å². The van der Waals surface area contributed by atoms with Crippen LogP contribution >= 0.6 is 0 Å². The second kappa shape index (κ2) is 5.56. The summed E-state index contributed by atoms with van der Waals surface area (Å²) < 4.78 is 5.72. The molecule has 1 rings (SSSR count). The van der Waals surface area contributed by atoms with Crippen LogP contribution in [0.25, 0.3) is 0 Å². The van der Waals surface area contributed by atoms with Gasteiger partial charge < -0.3 is 10.5 Å². The Labute approximate surface area is 91.7 Å². The molecule has 0 heterocycles. The number of hydrogen-bond donors (Lipinski definition) is 1. The van der Waals surface area contributed by atoms with Crippen LogP contribution in [0.3, 0.4) is 0 Å². The monoisotopic (exact) mass is 205 g/mol. The van der Waals surface area contributed by atoms with E-state index in [2.05, 4.69) is 13.5 Å². The molecule has 2 atom stereocenters. The molecular formula is C13H19NO. The third-order valence-electron chi connectivity index (χ3n) is 2.40. The molecule has 1 aromatic rings. The van der Waals surface area contributed by atoms with Crippen LogP contribution in [0.15, 0.2) is 36.9 Å². The van der Waals surface area contributed by atoms with Crippen LogP contribution in [0.2, 0.25) is 0 Å².